The maximum absolute atomic E-state index is 12.1. The minimum atomic E-state index is -0.336. The first kappa shape index (κ1) is 16.3. The molecule has 3 nitrogen and oxygen atoms in total. The third-order valence-corrected chi connectivity index (χ3v) is 9.31. The number of fused-ring (bicyclic) bond motifs is 8. The van der Waals surface area contributed by atoms with Gasteiger partial charge < -0.3 is 4.74 Å². The van der Waals surface area contributed by atoms with E-state index in [1.165, 1.54) is 24.0 Å². The molecule has 0 amide bonds. The van der Waals surface area contributed by atoms with E-state index in [1.54, 1.807) is 11.6 Å². The zero-order chi connectivity index (χ0) is 18.6. The normalized spacial score (nSPS) is 49.7. The third-order valence-electron chi connectivity index (χ3n) is 9.31. The van der Waals surface area contributed by atoms with Crippen LogP contribution in [-0.4, -0.2) is 17.4 Å². The lowest BCUT2D eigenvalue weighted by Gasteiger charge is -2.57. The van der Waals surface area contributed by atoms with Crippen LogP contribution in [0.15, 0.2) is 35.5 Å². The van der Waals surface area contributed by atoms with E-state index < -0.39 is 0 Å². The average Bonchev–Trinajstić information content (AvgIpc) is 3.30. The average molecular weight is 364 g/mol. The van der Waals surface area contributed by atoms with Gasteiger partial charge in [0.15, 0.2) is 0 Å². The Morgan fingerprint density at radius 2 is 2.11 bits per heavy atom. The molecule has 27 heavy (non-hydrogen) atoms. The van der Waals surface area contributed by atoms with Crippen LogP contribution in [0.5, 0.6) is 0 Å². The Morgan fingerprint density at radius 1 is 1.26 bits per heavy atom. The fraction of sp³-hybridized carbons (Fsp3) is 0.667. The fourth-order valence-corrected chi connectivity index (χ4v) is 8.39. The molecule has 142 valence electrons. The van der Waals surface area contributed by atoms with Crippen molar-refractivity contribution >= 4 is 11.8 Å². The first-order valence-corrected chi connectivity index (χ1v) is 10.8. The standard InChI is InChI=1S/C24H28O3/c1-3-23-8-6-16-15-5-4-14(25)11-17(15)13(2)10-18(16)22(23)19-12-20(19)24(23)9-7-21(26)27-24/h7,9,16,18-20,22H,2-6,8,10-12H2,1H3/t16?,18?,19?,20?,22?,23-,24-/m0/s1. The van der Waals surface area contributed by atoms with Gasteiger partial charge in [0.1, 0.15) is 11.4 Å². The van der Waals surface area contributed by atoms with Crippen LogP contribution < -0.4 is 0 Å². The van der Waals surface area contributed by atoms with Crippen LogP contribution in [0.1, 0.15) is 58.3 Å². The molecule has 1 aliphatic heterocycles. The number of hydrogen-bond donors (Lipinski definition) is 0. The van der Waals surface area contributed by atoms with Crippen molar-refractivity contribution in [2.45, 2.75) is 63.9 Å². The van der Waals surface area contributed by atoms with E-state index in [0.717, 1.165) is 32.1 Å². The quantitative estimate of drug-likeness (QED) is 0.642. The highest BCUT2D eigenvalue weighted by Crippen LogP contribution is 2.78. The number of ether oxygens (including phenoxy) is 1. The van der Waals surface area contributed by atoms with E-state index in [4.69, 9.17) is 4.74 Å². The molecule has 0 N–H and O–H groups in total. The third kappa shape index (κ3) is 1.80. The molecule has 0 radical (unpaired) electrons. The summed E-state index contributed by atoms with van der Waals surface area (Å²) in [6, 6.07) is 0. The summed E-state index contributed by atoms with van der Waals surface area (Å²) in [6.45, 7) is 6.72. The van der Waals surface area contributed by atoms with Crippen molar-refractivity contribution in [3.8, 4) is 0 Å². The lowest BCUT2D eigenvalue weighted by molar-refractivity contribution is -0.169. The molecule has 0 bridgehead atoms. The number of Topliss-reactive ketones (excluding diaryl/α,β-unsaturated/α-hetero) is 1. The molecule has 0 aromatic carbocycles. The molecule has 7 atom stereocenters. The Balaban J connectivity index is 1.44. The molecule has 5 unspecified atom stereocenters. The second-order valence-corrected chi connectivity index (χ2v) is 9.93. The number of rotatable bonds is 1. The lowest BCUT2D eigenvalue weighted by atomic mass is 9.49. The number of ketones is 1. The summed E-state index contributed by atoms with van der Waals surface area (Å²) >= 11 is 0. The molecule has 6 rings (SSSR count). The van der Waals surface area contributed by atoms with Gasteiger partial charge in [0.05, 0.1) is 0 Å². The van der Waals surface area contributed by atoms with Crippen LogP contribution in [0.25, 0.3) is 0 Å². The van der Waals surface area contributed by atoms with Gasteiger partial charge in [0, 0.05) is 30.3 Å². The van der Waals surface area contributed by atoms with Crippen LogP contribution in [0, 0.1) is 35.0 Å². The van der Waals surface area contributed by atoms with E-state index >= 15 is 0 Å². The lowest BCUT2D eigenvalue weighted by Crippen LogP contribution is -2.55. The van der Waals surface area contributed by atoms with E-state index in [0.29, 0.717) is 41.8 Å². The number of allylic oxidation sites excluding steroid dienone is 3. The Hall–Kier alpha value is -1.64. The van der Waals surface area contributed by atoms with Gasteiger partial charge in [-0.05, 0) is 73.8 Å². The molecule has 1 heterocycles. The highest BCUT2D eigenvalue weighted by molar-refractivity contribution is 5.86. The van der Waals surface area contributed by atoms with Crippen LogP contribution in [0.3, 0.4) is 0 Å². The van der Waals surface area contributed by atoms with Crippen molar-refractivity contribution in [3.63, 3.8) is 0 Å². The van der Waals surface area contributed by atoms with E-state index in [1.807, 2.05) is 0 Å². The molecule has 0 aromatic rings. The summed E-state index contributed by atoms with van der Waals surface area (Å²) in [4.78, 5) is 24.1. The second kappa shape index (κ2) is 5.04. The minimum absolute atomic E-state index is 0.104. The van der Waals surface area contributed by atoms with Gasteiger partial charge in [-0.3, -0.25) is 4.79 Å². The van der Waals surface area contributed by atoms with Crippen molar-refractivity contribution < 1.29 is 14.3 Å². The zero-order valence-corrected chi connectivity index (χ0v) is 16.1. The summed E-state index contributed by atoms with van der Waals surface area (Å²) < 4.78 is 6.13. The molecule has 0 aromatic heterocycles. The topological polar surface area (TPSA) is 43.4 Å². The first-order valence-electron chi connectivity index (χ1n) is 10.8. The summed E-state index contributed by atoms with van der Waals surface area (Å²) in [6.07, 6.45) is 11.8. The number of carbonyl (C=O) groups is 2. The molecule has 3 saturated carbocycles. The molecule has 5 aliphatic carbocycles. The smallest absolute Gasteiger partial charge is 0.331 e. The maximum atomic E-state index is 12.1. The van der Waals surface area contributed by atoms with Gasteiger partial charge >= 0.3 is 5.97 Å². The molecule has 6 aliphatic rings. The Labute approximate surface area is 160 Å². The van der Waals surface area contributed by atoms with E-state index in [-0.39, 0.29) is 17.0 Å². The van der Waals surface area contributed by atoms with Gasteiger partial charge in [-0.2, -0.15) is 0 Å². The van der Waals surface area contributed by atoms with Crippen molar-refractivity contribution in [1.29, 1.82) is 0 Å². The Kier molecular flexibility index (Phi) is 3.05. The first-order chi connectivity index (χ1) is 13.0. The fourth-order valence-electron chi connectivity index (χ4n) is 8.39. The number of esters is 1. The molecule has 3 heteroatoms. The highest BCUT2D eigenvalue weighted by Gasteiger charge is 2.78. The molecule has 3 fully saturated rings. The van der Waals surface area contributed by atoms with Crippen LogP contribution in [0.2, 0.25) is 0 Å². The summed E-state index contributed by atoms with van der Waals surface area (Å²) in [7, 11) is 0. The molecule has 0 saturated heterocycles. The monoisotopic (exact) mass is 364 g/mol. The van der Waals surface area contributed by atoms with Crippen molar-refractivity contribution in [2.24, 2.45) is 35.0 Å². The predicted molar refractivity (Wildman–Crippen MR) is 102 cm³/mol. The highest BCUT2D eigenvalue weighted by atomic mass is 16.6. The summed E-state index contributed by atoms with van der Waals surface area (Å²) in [5.74, 6) is 3.36. The van der Waals surface area contributed by atoms with Gasteiger partial charge in [-0.1, -0.05) is 24.6 Å². The molecule has 1 spiro atoms. The minimum Gasteiger partial charge on any atom is -0.451 e. The van der Waals surface area contributed by atoms with Crippen molar-refractivity contribution in [1.82, 2.24) is 0 Å². The van der Waals surface area contributed by atoms with Gasteiger partial charge in [-0.25, -0.2) is 4.79 Å². The summed E-state index contributed by atoms with van der Waals surface area (Å²) in [5, 5.41) is 0. The van der Waals surface area contributed by atoms with E-state index in [2.05, 4.69) is 19.6 Å². The second-order valence-electron chi connectivity index (χ2n) is 9.93. The van der Waals surface area contributed by atoms with Gasteiger partial charge in [-0.15, -0.1) is 0 Å². The maximum Gasteiger partial charge on any atom is 0.331 e. The zero-order valence-electron chi connectivity index (χ0n) is 16.1. The van der Waals surface area contributed by atoms with Gasteiger partial charge in [0.2, 0.25) is 0 Å². The Bertz CT molecular complexity index is 848. The van der Waals surface area contributed by atoms with Crippen molar-refractivity contribution in [2.75, 3.05) is 0 Å². The SMILES string of the molecule is C=C1CC2C(CC[C@@]3(CC)C2C2CC2[C@@]32C=CC(=O)O2)C2=C1CC(=O)CC2. The number of hydrogen-bond acceptors (Lipinski definition) is 3. The number of carbonyl (C=O) groups excluding carboxylic acids is 2. The van der Waals surface area contributed by atoms with Crippen LogP contribution >= 0.6 is 0 Å². The van der Waals surface area contributed by atoms with Crippen molar-refractivity contribution in [3.05, 3.63) is 35.5 Å². The van der Waals surface area contributed by atoms with Crippen LogP contribution in [-0.2, 0) is 14.3 Å². The van der Waals surface area contributed by atoms with E-state index in [9.17, 15) is 9.59 Å². The molecular weight excluding hydrogens is 336 g/mol. The largest absolute Gasteiger partial charge is 0.451 e. The van der Waals surface area contributed by atoms with Crippen LogP contribution in [0.4, 0.5) is 0 Å². The Morgan fingerprint density at radius 3 is 2.85 bits per heavy atom. The molecular formula is C24H28O3. The predicted octanol–water partition coefficient (Wildman–Crippen LogP) is 4.54. The van der Waals surface area contributed by atoms with Gasteiger partial charge in [0.25, 0.3) is 0 Å². The summed E-state index contributed by atoms with van der Waals surface area (Å²) in [5.41, 5.74) is 3.87.